The predicted molar refractivity (Wildman–Crippen MR) is 123 cm³/mol. The van der Waals surface area contributed by atoms with Crippen LogP contribution in [0.15, 0.2) is 63.9 Å². The van der Waals surface area contributed by atoms with Crippen LogP contribution in [-0.2, 0) is 14.8 Å². The Labute approximate surface area is 192 Å². The Hall–Kier alpha value is -3.30. The standard InChI is InChI=1S/C24H24N2O6S/c27-24(9-6-19-16-18-4-1-2-5-21(18)32-19)25-10-12-26(13-11-25)33(28,29)20-7-8-22-23(17-20)31-15-3-14-30-22/h1-2,4-9,16-17H,3,10-15H2. The maximum Gasteiger partial charge on any atom is 0.246 e. The van der Waals surface area contributed by atoms with Gasteiger partial charge in [-0.1, -0.05) is 18.2 Å². The zero-order valence-corrected chi connectivity index (χ0v) is 18.8. The molecule has 0 aliphatic carbocycles. The van der Waals surface area contributed by atoms with Gasteiger partial charge in [-0.05, 0) is 30.3 Å². The summed E-state index contributed by atoms with van der Waals surface area (Å²) in [6.45, 7) is 2.10. The summed E-state index contributed by atoms with van der Waals surface area (Å²) in [7, 11) is -3.70. The molecule has 1 aromatic heterocycles. The van der Waals surface area contributed by atoms with Gasteiger partial charge in [0.05, 0.1) is 18.1 Å². The highest BCUT2D eigenvalue weighted by Gasteiger charge is 2.30. The average molecular weight is 469 g/mol. The Morgan fingerprint density at radius 2 is 1.67 bits per heavy atom. The van der Waals surface area contributed by atoms with E-state index in [1.165, 1.54) is 22.5 Å². The quantitative estimate of drug-likeness (QED) is 0.547. The van der Waals surface area contributed by atoms with Crippen LogP contribution < -0.4 is 9.47 Å². The summed E-state index contributed by atoms with van der Waals surface area (Å²) in [5.41, 5.74) is 0.762. The Morgan fingerprint density at radius 3 is 2.45 bits per heavy atom. The molecule has 1 saturated heterocycles. The molecule has 5 rings (SSSR count). The lowest BCUT2D eigenvalue weighted by molar-refractivity contribution is -0.127. The number of ether oxygens (including phenoxy) is 2. The van der Waals surface area contributed by atoms with Gasteiger partial charge in [0.1, 0.15) is 11.3 Å². The number of carbonyl (C=O) groups is 1. The van der Waals surface area contributed by atoms with Crippen LogP contribution in [-0.4, -0.2) is 62.9 Å². The number of furan rings is 1. The summed E-state index contributed by atoms with van der Waals surface area (Å²) in [4.78, 5) is 14.4. The lowest BCUT2D eigenvalue weighted by Gasteiger charge is -2.33. The molecule has 0 radical (unpaired) electrons. The van der Waals surface area contributed by atoms with Crippen molar-refractivity contribution in [3.05, 3.63) is 60.4 Å². The van der Waals surface area contributed by atoms with Crippen molar-refractivity contribution in [1.82, 2.24) is 9.21 Å². The van der Waals surface area contributed by atoms with Crippen LogP contribution in [0.1, 0.15) is 12.2 Å². The number of fused-ring (bicyclic) bond motifs is 2. The fourth-order valence-electron chi connectivity index (χ4n) is 3.95. The largest absolute Gasteiger partial charge is 0.490 e. The number of benzene rings is 2. The third-order valence-corrected chi connectivity index (χ3v) is 7.64. The lowest BCUT2D eigenvalue weighted by Crippen LogP contribution is -2.50. The Balaban J connectivity index is 1.22. The number of piperazine rings is 1. The smallest absolute Gasteiger partial charge is 0.246 e. The van der Waals surface area contributed by atoms with Gasteiger partial charge in [-0.3, -0.25) is 4.79 Å². The molecule has 0 unspecified atom stereocenters. The second kappa shape index (κ2) is 8.92. The van der Waals surface area contributed by atoms with Crippen molar-refractivity contribution in [2.75, 3.05) is 39.4 Å². The van der Waals surface area contributed by atoms with Crippen LogP contribution in [0.3, 0.4) is 0 Å². The number of nitrogens with zero attached hydrogens (tertiary/aromatic N) is 2. The molecule has 1 amide bonds. The summed E-state index contributed by atoms with van der Waals surface area (Å²) in [6, 6.07) is 14.2. The molecule has 0 bridgehead atoms. The first kappa shape index (κ1) is 21.5. The minimum atomic E-state index is -3.70. The van der Waals surface area contributed by atoms with Crippen molar-refractivity contribution in [2.45, 2.75) is 11.3 Å². The first-order valence-corrected chi connectivity index (χ1v) is 12.3. The fourth-order valence-corrected chi connectivity index (χ4v) is 5.38. The Morgan fingerprint density at radius 1 is 0.909 bits per heavy atom. The van der Waals surface area contributed by atoms with E-state index in [2.05, 4.69) is 0 Å². The lowest BCUT2D eigenvalue weighted by atomic mass is 10.2. The predicted octanol–water partition coefficient (Wildman–Crippen LogP) is 3.14. The van der Waals surface area contributed by atoms with Gasteiger partial charge in [0, 0.05) is 50.1 Å². The maximum absolute atomic E-state index is 13.1. The fraction of sp³-hybridized carbons (Fsp3) is 0.292. The van der Waals surface area contributed by atoms with Gasteiger partial charge in [-0.2, -0.15) is 4.31 Å². The van der Waals surface area contributed by atoms with E-state index in [1.54, 1.807) is 17.0 Å². The van der Waals surface area contributed by atoms with Crippen LogP contribution in [0.25, 0.3) is 17.0 Å². The minimum Gasteiger partial charge on any atom is -0.490 e. The molecule has 0 spiro atoms. The zero-order chi connectivity index (χ0) is 22.8. The molecule has 3 heterocycles. The minimum absolute atomic E-state index is 0.163. The summed E-state index contributed by atoms with van der Waals surface area (Å²) < 4.78 is 44.6. The van der Waals surface area contributed by atoms with Crippen molar-refractivity contribution in [1.29, 1.82) is 0 Å². The molecule has 2 aromatic carbocycles. The van der Waals surface area contributed by atoms with E-state index in [1.807, 2.05) is 30.3 Å². The van der Waals surface area contributed by atoms with Crippen molar-refractivity contribution < 1.29 is 27.1 Å². The topological polar surface area (TPSA) is 89.3 Å². The Kier molecular flexibility index (Phi) is 5.82. The van der Waals surface area contributed by atoms with Crippen molar-refractivity contribution in [3.63, 3.8) is 0 Å². The molecule has 0 N–H and O–H groups in total. The molecule has 1 fully saturated rings. The molecule has 8 nitrogen and oxygen atoms in total. The van der Waals surface area contributed by atoms with Crippen LogP contribution in [0.4, 0.5) is 0 Å². The molecule has 2 aliphatic rings. The second-order valence-electron chi connectivity index (χ2n) is 7.91. The molecule has 2 aliphatic heterocycles. The third-order valence-electron chi connectivity index (χ3n) is 5.74. The molecular weight excluding hydrogens is 444 g/mol. The van der Waals surface area contributed by atoms with E-state index in [0.717, 1.165) is 17.4 Å². The molecule has 172 valence electrons. The highest BCUT2D eigenvalue weighted by molar-refractivity contribution is 7.89. The van der Waals surface area contributed by atoms with Gasteiger partial charge in [0.2, 0.25) is 15.9 Å². The number of sulfonamides is 1. The Bertz CT molecular complexity index is 1270. The number of para-hydroxylation sites is 1. The monoisotopic (exact) mass is 468 g/mol. The number of amides is 1. The van der Waals surface area contributed by atoms with Gasteiger partial charge in [-0.25, -0.2) is 8.42 Å². The van der Waals surface area contributed by atoms with E-state index >= 15 is 0 Å². The number of carbonyl (C=O) groups excluding carboxylic acids is 1. The molecular formula is C24H24N2O6S. The zero-order valence-electron chi connectivity index (χ0n) is 18.0. The normalized spacial score (nSPS) is 17.4. The van der Waals surface area contributed by atoms with Crippen molar-refractivity contribution in [3.8, 4) is 11.5 Å². The van der Waals surface area contributed by atoms with E-state index in [9.17, 15) is 13.2 Å². The van der Waals surface area contributed by atoms with Crippen LogP contribution >= 0.6 is 0 Å². The number of rotatable bonds is 4. The molecule has 0 saturated carbocycles. The van der Waals surface area contributed by atoms with E-state index in [4.69, 9.17) is 13.9 Å². The van der Waals surface area contributed by atoms with Crippen molar-refractivity contribution in [2.24, 2.45) is 0 Å². The highest BCUT2D eigenvalue weighted by Crippen LogP contribution is 2.33. The molecule has 3 aromatic rings. The van der Waals surface area contributed by atoms with Crippen LogP contribution in [0.5, 0.6) is 11.5 Å². The molecule has 0 atom stereocenters. The summed E-state index contributed by atoms with van der Waals surface area (Å²) >= 11 is 0. The third kappa shape index (κ3) is 4.46. The SMILES string of the molecule is O=C(C=Cc1cc2ccccc2o1)N1CCN(S(=O)(=O)c2ccc3c(c2)OCCCO3)CC1. The average Bonchev–Trinajstić information content (AvgIpc) is 3.11. The highest BCUT2D eigenvalue weighted by atomic mass is 32.2. The maximum atomic E-state index is 13.1. The van der Waals surface area contributed by atoms with Crippen LogP contribution in [0.2, 0.25) is 0 Å². The van der Waals surface area contributed by atoms with Gasteiger partial charge in [0.15, 0.2) is 11.5 Å². The van der Waals surface area contributed by atoms with E-state index < -0.39 is 10.0 Å². The van der Waals surface area contributed by atoms with Crippen LogP contribution in [0, 0.1) is 0 Å². The van der Waals surface area contributed by atoms with E-state index in [0.29, 0.717) is 43.6 Å². The van der Waals surface area contributed by atoms with Gasteiger partial charge < -0.3 is 18.8 Å². The second-order valence-corrected chi connectivity index (χ2v) is 9.85. The van der Waals surface area contributed by atoms with Crippen molar-refractivity contribution >= 4 is 33.0 Å². The summed E-state index contributed by atoms with van der Waals surface area (Å²) in [5, 5.41) is 0.971. The summed E-state index contributed by atoms with van der Waals surface area (Å²) in [5.74, 6) is 1.42. The number of hydrogen-bond acceptors (Lipinski definition) is 6. The van der Waals surface area contributed by atoms with E-state index in [-0.39, 0.29) is 23.9 Å². The first-order valence-electron chi connectivity index (χ1n) is 10.9. The first-order chi connectivity index (χ1) is 16.0. The van der Waals surface area contributed by atoms with Gasteiger partial charge in [-0.15, -0.1) is 0 Å². The van der Waals surface area contributed by atoms with Gasteiger partial charge in [0.25, 0.3) is 0 Å². The molecule has 9 heteroatoms. The molecule has 33 heavy (non-hydrogen) atoms. The number of hydrogen-bond donors (Lipinski definition) is 0. The van der Waals surface area contributed by atoms with Gasteiger partial charge >= 0.3 is 0 Å². The summed E-state index contributed by atoms with van der Waals surface area (Å²) in [6.07, 6.45) is 3.85.